The predicted molar refractivity (Wildman–Crippen MR) is 135 cm³/mol. The first kappa shape index (κ1) is 24.3. The van der Waals surface area contributed by atoms with Crippen molar-refractivity contribution in [2.24, 2.45) is 10.9 Å². The molecular formula is C26H27Cl2N3O3. The maximum absolute atomic E-state index is 13.7. The molecular weight excluding hydrogens is 473 g/mol. The van der Waals surface area contributed by atoms with Crippen molar-refractivity contribution in [2.75, 3.05) is 6.54 Å². The molecule has 2 aliphatic rings. The first-order valence-electron chi connectivity index (χ1n) is 11.2. The molecule has 1 aliphatic carbocycles. The van der Waals surface area contributed by atoms with Crippen molar-refractivity contribution >= 4 is 40.7 Å². The van der Waals surface area contributed by atoms with Crippen LogP contribution in [0.2, 0.25) is 10.0 Å². The van der Waals surface area contributed by atoms with Gasteiger partial charge in [-0.15, -0.1) is 0 Å². The van der Waals surface area contributed by atoms with E-state index in [0.29, 0.717) is 45.8 Å². The lowest BCUT2D eigenvalue weighted by Crippen LogP contribution is -2.46. The van der Waals surface area contributed by atoms with E-state index in [1.807, 2.05) is 30.9 Å². The van der Waals surface area contributed by atoms with Gasteiger partial charge < -0.3 is 15.3 Å². The Hall–Kier alpha value is -2.83. The summed E-state index contributed by atoms with van der Waals surface area (Å²) in [4.78, 5) is 32.7. The smallest absolute Gasteiger partial charge is 0.275 e. The number of aliphatic hydroxyl groups excluding tert-OH is 1. The highest BCUT2D eigenvalue weighted by molar-refractivity contribution is 6.47. The van der Waals surface area contributed by atoms with E-state index in [9.17, 15) is 14.7 Å². The van der Waals surface area contributed by atoms with E-state index < -0.39 is 5.66 Å². The maximum Gasteiger partial charge on any atom is 0.275 e. The van der Waals surface area contributed by atoms with Gasteiger partial charge in [-0.25, -0.2) is 0 Å². The van der Waals surface area contributed by atoms with Gasteiger partial charge in [0.15, 0.2) is 0 Å². The molecule has 1 fully saturated rings. The predicted octanol–water partition coefficient (Wildman–Crippen LogP) is 5.70. The van der Waals surface area contributed by atoms with Gasteiger partial charge in [-0.05, 0) is 68.5 Å². The standard InChI is InChI=1S/C26H27Cl2N3O3/c1-15(32)10-11-29-24(33)18-8-6-17(7-9-18)23(16-4-5-16)31-25(34)22(30-26(31,2)3)19-12-20(27)14-21(28)13-19/h6-9,12-14,16,23,32H,1,4-5,10-11H2,2-3H3,(H,29,33)/t23-/m1/s1. The number of carbonyl (C=O) groups is 2. The number of hydrogen-bond acceptors (Lipinski definition) is 4. The number of amides is 2. The Morgan fingerprint density at radius 2 is 1.82 bits per heavy atom. The van der Waals surface area contributed by atoms with Crippen LogP contribution in [-0.2, 0) is 4.79 Å². The first-order valence-corrected chi connectivity index (χ1v) is 12.0. The van der Waals surface area contributed by atoms with Crippen LogP contribution in [-0.4, -0.2) is 39.7 Å². The van der Waals surface area contributed by atoms with Crippen LogP contribution >= 0.6 is 23.2 Å². The summed E-state index contributed by atoms with van der Waals surface area (Å²) in [6.07, 6.45) is 2.35. The van der Waals surface area contributed by atoms with Crippen molar-refractivity contribution in [1.29, 1.82) is 0 Å². The Labute approximate surface area is 209 Å². The molecule has 2 aromatic carbocycles. The number of aliphatic imine (C=N–C) groups is 1. The summed E-state index contributed by atoms with van der Waals surface area (Å²) in [6.45, 7) is 7.58. The maximum atomic E-state index is 13.7. The first-order chi connectivity index (χ1) is 16.1. The lowest BCUT2D eigenvalue weighted by Gasteiger charge is -2.37. The van der Waals surface area contributed by atoms with Crippen LogP contribution in [0.4, 0.5) is 0 Å². The molecule has 0 aromatic heterocycles. The minimum Gasteiger partial charge on any atom is -0.513 e. The van der Waals surface area contributed by atoms with Gasteiger partial charge in [0.25, 0.3) is 11.8 Å². The highest BCUT2D eigenvalue weighted by Crippen LogP contribution is 2.48. The number of halogens is 2. The number of hydrogen-bond donors (Lipinski definition) is 2. The number of aliphatic hydroxyl groups is 1. The molecule has 1 aliphatic heterocycles. The van der Waals surface area contributed by atoms with Gasteiger partial charge in [-0.3, -0.25) is 14.6 Å². The SMILES string of the molecule is C=C(O)CCNC(=O)c1ccc([C@@H](C2CC2)N2C(=O)C(c3cc(Cl)cc(Cl)c3)=NC2(C)C)cc1. The van der Waals surface area contributed by atoms with Gasteiger partial charge in [0.1, 0.15) is 11.4 Å². The molecule has 0 spiro atoms. The fourth-order valence-corrected chi connectivity index (χ4v) is 4.91. The second-order valence-corrected chi connectivity index (χ2v) is 10.1. The topological polar surface area (TPSA) is 82.0 Å². The zero-order valence-corrected chi connectivity index (χ0v) is 20.7. The monoisotopic (exact) mass is 499 g/mol. The molecule has 1 atom stereocenters. The zero-order valence-electron chi connectivity index (χ0n) is 19.1. The summed E-state index contributed by atoms with van der Waals surface area (Å²) in [5.74, 6) is -0.0264. The molecule has 0 radical (unpaired) electrons. The van der Waals surface area contributed by atoms with E-state index >= 15 is 0 Å². The quantitative estimate of drug-likeness (QED) is 0.456. The van der Waals surface area contributed by atoms with Crippen LogP contribution in [0.25, 0.3) is 0 Å². The second kappa shape index (κ2) is 9.43. The van der Waals surface area contributed by atoms with E-state index in [-0.39, 0.29) is 23.6 Å². The van der Waals surface area contributed by atoms with Crippen LogP contribution in [0.15, 0.2) is 59.8 Å². The van der Waals surface area contributed by atoms with Gasteiger partial charge in [-0.2, -0.15) is 0 Å². The molecule has 4 rings (SSSR count). The van der Waals surface area contributed by atoms with Crippen LogP contribution in [0, 0.1) is 5.92 Å². The number of rotatable bonds is 8. The Bertz CT molecular complexity index is 1150. The van der Waals surface area contributed by atoms with Crippen molar-refractivity contribution in [3.63, 3.8) is 0 Å². The minimum atomic E-state index is -0.753. The Morgan fingerprint density at radius 3 is 2.38 bits per heavy atom. The summed E-state index contributed by atoms with van der Waals surface area (Å²) in [5, 5.41) is 12.8. The number of benzene rings is 2. The van der Waals surface area contributed by atoms with Crippen molar-refractivity contribution < 1.29 is 14.7 Å². The highest BCUT2D eigenvalue weighted by atomic mass is 35.5. The lowest BCUT2D eigenvalue weighted by molar-refractivity contribution is -0.130. The number of nitrogens with zero attached hydrogens (tertiary/aromatic N) is 2. The minimum absolute atomic E-state index is 0.0300. The summed E-state index contributed by atoms with van der Waals surface area (Å²) in [5.41, 5.74) is 1.67. The summed E-state index contributed by atoms with van der Waals surface area (Å²) in [6, 6.07) is 12.2. The average molecular weight is 500 g/mol. The Balaban J connectivity index is 1.59. The summed E-state index contributed by atoms with van der Waals surface area (Å²) < 4.78 is 0. The van der Waals surface area contributed by atoms with Gasteiger partial charge in [-0.1, -0.05) is 41.9 Å². The molecule has 1 saturated carbocycles. The molecule has 1 heterocycles. The summed E-state index contributed by atoms with van der Waals surface area (Å²) >= 11 is 12.4. The average Bonchev–Trinajstić information content (AvgIpc) is 3.56. The largest absolute Gasteiger partial charge is 0.513 e. The zero-order chi connectivity index (χ0) is 24.6. The molecule has 2 amide bonds. The fourth-order valence-electron chi connectivity index (χ4n) is 4.38. The third-order valence-corrected chi connectivity index (χ3v) is 6.53. The highest BCUT2D eigenvalue weighted by Gasteiger charge is 2.49. The van der Waals surface area contributed by atoms with Gasteiger partial charge in [0.2, 0.25) is 0 Å². The van der Waals surface area contributed by atoms with Crippen LogP contribution in [0.1, 0.15) is 60.6 Å². The second-order valence-electron chi connectivity index (χ2n) is 9.26. The molecule has 0 bridgehead atoms. The Morgan fingerprint density at radius 1 is 1.21 bits per heavy atom. The molecule has 0 saturated heterocycles. The van der Waals surface area contributed by atoms with Crippen LogP contribution < -0.4 is 5.32 Å². The number of nitrogens with one attached hydrogen (secondary N) is 1. The van der Waals surface area contributed by atoms with E-state index in [0.717, 1.165) is 18.4 Å². The van der Waals surface area contributed by atoms with Gasteiger partial charge in [0.05, 0.1) is 11.8 Å². The molecule has 6 nitrogen and oxygen atoms in total. The third kappa shape index (κ3) is 5.13. The number of carbonyl (C=O) groups excluding carboxylic acids is 2. The summed E-state index contributed by atoms with van der Waals surface area (Å²) in [7, 11) is 0. The van der Waals surface area contributed by atoms with Gasteiger partial charge in [0, 0.05) is 34.1 Å². The Kier molecular flexibility index (Phi) is 6.74. The van der Waals surface area contributed by atoms with E-state index in [2.05, 4.69) is 11.9 Å². The molecule has 2 N–H and O–H groups in total. The van der Waals surface area contributed by atoms with Gasteiger partial charge >= 0.3 is 0 Å². The molecule has 178 valence electrons. The third-order valence-electron chi connectivity index (χ3n) is 6.09. The van der Waals surface area contributed by atoms with Crippen molar-refractivity contribution in [3.8, 4) is 0 Å². The van der Waals surface area contributed by atoms with E-state index in [1.54, 1.807) is 30.3 Å². The van der Waals surface area contributed by atoms with Crippen molar-refractivity contribution in [1.82, 2.24) is 10.2 Å². The molecule has 2 aromatic rings. The lowest BCUT2D eigenvalue weighted by atomic mass is 9.96. The van der Waals surface area contributed by atoms with Crippen molar-refractivity contribution in [3.05, 3.63) is 81.5 Å². The van der Waals surface area contributed by atoms with Crippen LogP contribution in [0.5, 0.6) is 0 Å². The van der Waals surface area contributed by atoms with Crippen molar-refractivity contribution in [2.45, 2.75) is 44.8 Å². The van der Waals surface area contributed by atoms with Crippen LogP contribution in [0.3, 0.4) is 0 Å². The molecule has 0 unspecified atom stereocenters. The fraction of sp³-hybridized carbons (Fsp3) is 0.346. The normalized spacial score (nSPS) is 17.9. The van der Waals surface area contributed by atoms with E-state index in [4.69, 9.17) is 28.2 Å². The molecule has 8 heteroatoms. The molecule has 34 heavy (non-hydrogen) atoms. The van der Waals surface area contributed by atoms with E-state index in [1.165, 1.54) is 0 Å².